The molecule has 4 heteroatoms. The monoisotopic (exact) mass is 297 g/mol. The molecule has 0 radical (unpaired) electrons. The third-order valence-electron chi connectivity index (χ3n) is 4.55. The second-order valence-electron chi connectivity index (χ2n) is 6.16. The average molecular weight is 297 g/mol. The van der Waals surface area contributed by atoms with E-state index in [1.54, 1.807) is 0 Å². The van der Waals surface area contributed by atoms with Gasteiger partial charge in [0.1, 0.15) is 0 Å². The van der Waals surface area contributed by atoms with Gasteiger partial charge in [0.25, 0.3) is 5.91 Å². The van der Waals surface area contributed by atoms with Crippen LogP contribution in [0.5, 0.6) is 0 Å². The first-order chi connectivity index (χ1) is 10.6. The number of aromatic amines is 1. The quantitative estimate of drug-likeness (QED) is 0.787. The van der Waals surface area contributed by atoms with Gasteiger partial charge in [0.2, 0.25) is 0 Å². The summed E-state index contributed by atoms with van der Waals surface area (Å²) in [7, 11) is 0. The minimum Gasteiger partial charge on any atom is -0.384 e. The fourth-order valence-corrected chi connectivity index (χ4v) is 3.30. The number of anilines is 1. The Morgan fingerprint density at radius 3 is 2.73 bits per heavy atom. The number of carbonyl (C=O) groups is 1. The number of amides is 1. The molecule has 4 N–H and O–H groups in total. The zero-order valence-electron chi connectivity index (χ0n) is 13.0. The molecule has 1 fully saturated rings. The maximum Gasteiger partial charge on any atom is 0.250 e. The van der Waals surface area contributed by atoms with E-state index in [1.165, 1.54) is 25.7 Å². The number of aryl methyl sites for hydroxylation is 1. The molecule has 116 valence electrons. The summed E-state index contributed by atoms with van der Waals surface area (Å²) in [5, 5.41) is 3.58. The van der Waals surface area contributed by atoms with Crippen molar-refractivity contribution in [1.82, 2.24) is 4.98 Å². The largest absolute Gasteiger partial charge is 0.384 e. The number of primary amides is 1. The Hall–Kier alpha value is -2.23. The highest BCUT2D eigenvalue weighted by Crippen LogP contribution is 2.30. The van der Waals surface area contributed by atoms with Gasteiger partial charge in [0.05, 0.1) is 5.56 Å². The molecule has 0 spiro atoms. The van der Waals surface area contributed by atoms with E-state index in [4.69, 9.17) is 5.73 Å². The lowest BCUT2D eigenvalue weighted by atomic mass is 10.1. The van der Waals surface area contributed by atoms with Gasteiger partial charge in [-0.05, 0) is 37.8 Å². The lowest BCUT2D eigenvalue weighted by Crippen LogP contribution is -2.11. The van der Waals surface area contributed by atoms with Gasteiger partial charge in [-0.2, -0.15) is 0 Å². The van der Waals surface area contributed by atoms with Crippen LogP contribution in [-0.4, -0.2) is 17.4 Å². The molecule has 1 aliphatic rings. The predicted octanol–water partition coefficient (Wildman–Crippen LogP) is 3.69. The number of rotatable bonds is 5. The molecular weight excluding hydrogens is 274 g/mol. The number of nitrogens with two attached hydrogens (primary N) is 1. The van der Waals surface area contributed by atoms with E-state index in [2.05, 4.69) is 22.4 Å². The number of benzene rings is 1. The molecule has 1 saturated carbocycles. The first-order valence-corrected chi connectivity index (χ1v) is 7.98. The van der Waals surface area contributed by atoms with Crippen molar-refractivity contribution in [3.63, 3.8) is 0 Å². The van der Waals surface area contributed by atoms with Crippen molar-refractivity contribution < 1.29 is 4.79 Å². The summed E-state index contributed by atoms with van der Waals surface area (Å²) < 4.78 is 0. The van der Waals surface area contributed by atoms with Crippen LogP contribution in [0, 0.1) is 12.8 Å². The summed E-state index contributed by atoms with van der Waals surface area (Å²) >= 11 is 0. The Balaban J connectivity index is 1.84. The molecule has 0 saturated heterocycles. The molecule has 2 aromatic rings. The van der Waals surface area contributed by atoms with E-state index in [0.717, 1.165) is 35.1 Å². The average Bonchev–Trinajstić information content (AvgIpc) is 3.14. The smallest absolute Gasteiger partial charge is 0.250 e. The van der Waals surface area contributed by atoms with Crippen LogP contribution in [0.15, 0.2) is 30.3 Å². The van der Waals surface area contributed by atoms with Crippen LogP contribution < -0.4 is 11.1 Å². The second-order valence-corrected chi connectivity index (χ2v) is 6.16. The third kappa shape index (κ3) is 3.01. The van der Waals surface area contributed by atoms with Crippen LogP contribution in [-0.2, 0) is 0 Å². The zero-order chi connectivity index (χ0) is 15.5. The lowest BCUT2D eigenvalue weighted by Gasteiger charge is -2.14. The van der Waals surface area contributed by atoms with Crippen LogP contribution in [0.2, 0.25) is 0 Å². The second kappa shape index (κ2) is 6.26. The molecule has 0 atom stereocenters. The van der Waals surface area contributed by atoms with E-state index in [9.17, 15) is 4.79 Å². The number of hydrogen-bond acceptors (Lipinski definition) is 2. The Bertz CT molecular complexity index is 669. The minimum atomic E-state index is -0.392. The molecule has 1 aromatic heterocycles. The van der Waals surface area contributed by atoms with Crippen molar-refractivity contribution in [1.29, 1.82) is 0 Å². The van der Waals surface area contributed by atoms with Crippen molar-refractivity contribution in [3.05, 3.63) is 41.6 Å². The molecule has 0 unspecified atom stereocenters. The highest BCUT2D eigenvalue weighted by Gasteiger charge is 2.16. The Labute approximate surface area is 131 Å². The Kier molecular flexibility index (Phi) is 4.18. The maximum absolute atomic E-state index is 11.4. The van der Waals surface area contributed by atoms with E-state index in [1.807, 2.05) is 25.1 Å². The predicted molar refractivity (Wildman–Crippen MR) is 89.9 cm³/mol. The Morgan fingerprint density at radius 1 is 1.32 bits per heavy atom. The molecule has 1 heterocycles. The van der Waals surface area contributed by atoms with Crippen molar-refractivity contribution in [2.45, 2.75) is 32.6 Å². The van der Waals surface area contributed by atoms with Crippen molar-refractivity contribution in [2.75, 3.05) is 11.9 Å². The van der Waals surface area contributed by atoms with Gasteiger partial charge in [-0.25, -0.2) is 0 Å². The molecule has 3 rings (SSSR count). The number of para-hydroxylation sites is 1. The summed E-state index contributed by atoms with van der Waals surface area (Å²) in [6.07, 6.45) is 5.35. The van der Waals surface area contributed by atoms with Gasteiger partial charge in [0, 0.05) is 29.2 Å². The first kappa shape index (κ1) is 14.7. The summed E-state index contributed by atoms with van der Waals surface area (Å²) in [5.74, 6) is 0.385. The molecular formula is C18H23N3O. The molecule has 4 nitrogen and oxygen atoms in total. The number of nitrogens with one attached hydrogen (secondary N) is 2. The van der Waals surface area contributed by atoms with E-state index in [0.29, 0.717) is 5.56 Å². The van der Waals surface area contributed by atoms with Gasteiger partial charge in [-0.1, -0.05) is 31.0 Å². The number of aromatic nitrogens is 1. The topological polar surface area (TPSA) is 70.9 Å². The fraction of sp³-hybridized carbons (Fsp3) is 0.389. The summed E-state index contributed by atoms with van der Waals surface area (Å²) in [6.45, 7) is 2.89. The van der Waals surface area contributed by atoms with Crippen LogP contribution >= 0.6 is 0 Å². The Morgan fingerprint density at radius 2 is 2.05 bits per heavy atom. The fourth-order valence-electron chi connectivity index (χ4n) is 3.30. The van der Waals surface area contributed by atoms with Crippen molar-refractivity contribution >= 4 is 11.6 Å². The maximum atomic E-state index is 11.4. The molecule has 22 heavy (non-hydrogen) atoms. The molecule has 1 amide bonds. The first-order valence-electron chi connectivity index (χ1n) is 7.98. The SMILES string of the molecule is Cc1[nH]c(-c2ccccc2NCC2CCCC2)cc1C(N)=O. The summed E-state index contributed by atoms with van der Waals surface area (Å²) in [4.78, 5) is 14.7. The lowest BCUT2D eigenvalue weighted by molar-refractivity contribution is 0.1000. The van der Waals surface area contributed by atoms with Gasteiger partial charge >= 0.3 is 0 Å². The number of carbonyl (C=O) groups excluding carboxylic acids is 1. The normalized spacial score (nSPS) is 15.1. The molecule has 1 aliphatic carbocycles. The number of H-pyrrole nitrogens is 1. The molecule has 0 bridgehead atoms. The van der Waals surface area contributed by atoms with Crippen molar-refractivity contribution in [2.24, 2.45) is 11.7 Å². The number of hydrogen-bond donors (Lipinski definition) is 3. The standard InChI is InChI=1S/C18H23N3O/c1-12-15(18(19)22)10-17(21-12)14-8-4-5-9-16(14)20-11-13-6-2-3-7-13/h4-5,8-10,13,20-21H,2-3,6-7,11H2,1H3,(H2,19,22). The van der Waals surface area contributed by atoms with Crippen LogP contribution in [0.4, 0.5) is 5.69 Å². The van der Waals surface area contributed by atoms with Crippen molar-refractivity contribution in [3.8, 4) is 11.3 Å². The van der Waals surface area contributed by atoms with Crippen LogP contribution in [0.25, 0.3) is 11.3 Å². The summed E-state index contributed by atoms with van der Waals surface area (Å²) in [5.41, 5.74) is 9.89. The van der Waals surface area contributed by atoms with Crippen LogP contribution in [0.1, 0.15) is 41.7 Å². The third-order valence-corrected chi connectivity index (χ3v) is 4.55. The zero-order valence-corrected chi connectivity index (χ0v) is 13.0. The van der Waals surface area contributed by atoms with Gasteiger partial charge in [-0.3, -0.25) is 4.79 Å². The van der Waals surface area contributed by atoms with Gasteiger partial charge in [0.15, 0.2) is 0 Å². The van der Waals surface area contributed by atoms with E-state index < -0.39 is 5.91 Å². The highest BCUT2D eigenvalue weighted by atomic mass is 16.1. The molecule has 0 aliphatic heterocycles. The minimum absolute atomic E-state index is 0.392. The van der Waals surface area contributed by atoms with E-state index >= 15 is 0 Å². The van der Waals surface area contributed by atoms with E-state index in [-0.39, 0.29) is 0 Å². The van der Waals surface area contributed by atoms with Gasteiger partial charge < -0.3 is 16.0 Å². The van der Waals surface area contributed by atoms with Crippen LogP contribution in [0.3, 0.4) is 0 Å². The highest BCUT2D eigenvalue weighted by molar-refractivity contribution is 5.96. The van der Waals surface area contributed by atoms with Gasteiger partial charge in [-0.15, -0.1) is 0 Å². The summed E-state index contributed by atoms with van der Waals surface area (Å²) in [6, 6.07) is 10.0. The molecule has 1 aromatic carbocycles.